The molecule has 17 nitrogen and oxygen atoms in total. The average molecular weight is 978 g/mol. The number of carbonyl (C=O) groups is 5. The summed E-state index contributed by atoms with van der Waals surface area (Å²) in [5, 5.41) is 17.5. The zero-order valence-electron chi connectivity index (χ0n) is 37.8. The third-order valence-corrected chi connectivity index (χ3v) is 13.1. The second-order valence-corrected chi connectivity index (χ2v) is 18.2. The number of carbonyl (C=O) groups excluding carboxylic acids is 5. The number of nitrogens with zero attached hydrogens (tertiary/aromatic N) is 3. The van der Waals surface area contributed by atoms with E-state index in [1.54, 1.807) is 36.5 Å². The summed E-state index contributed by atoms with van der Waals surface area (Å²) in [6.45, 7) is 4.29. The summed E-state index contributed by atoms with van der Waals surface area (Å²) in [7, 11) is 0. The number of rotatable bonds is 26. The van der Waals surface area contributed by atoms with Crippen LogP contribution < -0.4 is 31.3 Å². The average Bonchev–Trinajstić information content (AvgIpc) is 3.97. The molecule has 2 aromatic heterocycles. The molecule has 5 N–H and O–H groups in total. The fourth-order valence-corrected chi connectivity index (χ4v) is 9.28. The molecular formula is C48H58ClFN8O9S. The molecule has 364 valence electrons. The number of fused-ring (bicyclic) bond motifs is 1. The number of nitrogens with one attached hydrogen (secondary N) is 5. The molecule has 5 amide bonds. The number of unbranched alkanes of at least 4 members (excludes halogenated alkanes) is 1. The molecule has 0 spiro atoms. The highest BCUT2D eigenvalue weighted by atomic mass is 35.5. The van der Waals surface area contributed by atoms with Gasteiger partial charge in [0.15, 0.2) is 16.7 Å². The van der Waals surface area contributed by atoms with Crippen LogP contribution in [0, 0.1) is 11.2 Å². The third-order valence-electron chi connectivity index (χ3n) is 12.1. The first-order valence-electron chi connectivity index (χ1n) is 23.1. The molecule has 1 atom stereocenters. The Kier molecular flexibility index (Phi) is 18.6. The van der Waals surface area contributed by atoms with Crippen molar-refractivity contribution in [3.05, 3.63) is 93.8 Å². The van der Waals surface area contributed by atoms with E-state index in [-0.39, 0.29) is 59.9 Å². The van der Waals surface area contributed by atoms with Gasteiger partial charge in [-0.05, 0) is 87.9 Å². The number of hydrogen-bond acceptors (Lipinski definition) is 14. The van der Waals surface area contributed by atoms with Gasteiger partial charge in [-0.3, -0.25) is 29.3 Å². The summed E-state index contributed by atoms with van der Waals surface area (Å²) in [5.41, 5.74) is 1.70. The van der Waals surface area contributed by atoms with Crippen molar-refractivity contribution >= 4 is 69.1 Å². The maximum Gasteiger partial charge on any atom is 0.255 e. The van der Waals surface area contributed by atoms with Gasteiger partial charge in [-0.15, -0.1) is 11.3 Å². The number of benzene rings is 2. The van der Waals surface area contributed by atoms with Gasteiger partial charge in [0, 0.05) is 73.0 Å². The molecule has 1 unspecified atom stereocenters. The minimum atomic E-state index is -0.750. The first-order valence-corrected chi connectivity index (χ1v) is 24.4. The van der Waals surface area contributed by atoms with Crippen molar-refractivity contribution in [3.63, 3.8) is 0 Å². The fourth-order valence-electron chi connectivity index (χ4n) is 8.58. The molecule has 68 heavy (non-hydrogen) atoms. The third kappa shape index (κ3) is 14.0. The molecule has 20 heteroatoms. The normalized spacial score (nSPS) is 19.1. The monoisotopic (exact) mass is 976 g/mol. The van der Waals surface area contributed by atoms with Crippen LogP contribution >= 0.6 is 22.9 Å². The first kappa shape index (κ1) is 50.3. The number of ether oxygens (including phenoxy) is 4. The summed E-state index contributed by atoms with van der Waals surface area (Å²) in [4.78, 5) is 74.3. The van der Waals surface area contributed by atoms with Crippen LogP contribution in [0.2, 0.25) is 5.02 Å². The lowest BCUT2D eigenvalue weighted by Crippen LogP contribution is -2.52. The largest absolute Gasteiger partial charge is 0.487 e. The van der Waals surface area contributed by atoms with Crippen molar-refractivity contribution < 1.29 is 47.3 Å². The van der Waals surface area contributed by atoms with Crippen LogP contribution in [-0.2, 0) is 46.4 Å². The summed E-state index contributed by atoms with van der Waals surface area (Å²) >= 11 is 7.45. The predicted molar refractivity (Wildman–Crippen MR) is 253 cm³/mol. The fraction of sp³-hybridized carbons (Fsp3) is 0.479. The molecule has 4 heterocycles. The number of halogens is 2. The Morgan fingerprint density at radius 2 is 1.65 bits per heavy atom. The SMILES string of the molecule is O=C1CCC(N2Cc3c(NC(=O)CCCCNCCOCCOCCOCCNC(=O)[C@]4(Cc5cccc(Nc6nccs6)n5)CC[C@@H](Oc5cccc(Cl)c5F)CC4)cccc3C2=O)C(=O)N1. The van der Waals surface area contributed by atoms with Crippen LogP contribution in [0.25, 0.3) is 0 Å². The van der Waals surface area contributed by atoms with E-state index in [2.05, 4.69) is 31.6 Å². The van der Waals surface area contributed by atoms with Crippen molar-refractivity contribution in [2.24, 2.45) is 5.41 Å². The van der Waals surface area contributed by atoms with Gasteiger partial charge < -0.3 is 45.1 Å². The number of amides is 5. The van der Waals surface area contributed by atoms with Crippen LogP contribution in [0.15, 0.2) is 66.2 Å². The summed E-state index contributed by atoms with van der Waals surface area (Å²) < 4.78 is 37.7. The molecule has 0 radical (unpaired) electrons. The Balaban J connectivity index is 0.720. The van der Waals surface area contributed by atoms with Gasteiger partial charge in [0.05, 0.1) is 56.2 Å². The summed E-state index contributed by atoms with van der Waals surface area (Å²) in [5.74, 6) is -1.18. The van der Waals surface area contributed by atoms with Gasteiger partial charge in [-0.2, -0.15) is 0 Å². The standard InChI is InChI=1S/C48H58ClFN8O9S/c49-36-8-5-10-39(43(36)50)67-33-15-17-48(18-16-33,30-32-6-3-11-40(54-32)56-47-53-22-29-68-47)46(63)52-21-24-65-26-28-66-27-25-64-23-20-51-19-2-1-12-41(59)55-37-9-4-7-34-35(37)31-58(45(34)62)38-13-14-42(60)57-44(38)61/h3-11,22,29,33,38,51H,1-2,12-21,23-28,30-31H2,(H,52,63)(H,55,59)(H,53,54,56)(H,57,60,61)/t33-,38?,48-. The number of aromatic nitrogens is 2. The van der Waals surface area contributed by atoms with Crippen LogP contribution in [0.5, 0.6) is 5.75 Å². The predicted octanol–water partition coefficient (Wildman–Crippen LogP) is 5.95. The highest BCUT2D eigenvalue weighted by Gasteiger charge is 2.43. The van der Waals surface area contributed by atoms with E-state index >= 15 is 0 Å². The number of piperidine rings is 1. The van der Waals surface area contributed by atoms with E-state index in [0.717, 1.165) is 23.8 Å². The van der Waals surface area contributed by atoms with Gasteiger partial charge in [0.2, 0.25) is 23.6 Å². The van der Waals surface area contributed by atoms with E-state index in [1.807, 2.05) is 23.6 Å². The minimum Gasteiger partial charge on any atom is -0.487 e. The van der Waals surface area contributed by atoms with Crippen LogP contribution in [0.4, 0.5) is 21.0 Å². The number of thiazole rings is 1. The van der Waals surface area contributed by atoms with Crippen molar-refractivity contribution in [3.8, 4) is 5.75 Å². The molecule has 3 aliphatic rings. The molecule has 0 bridgehead atoms. The summed E-state index contributed by atoms with van der Waals surface area (Å²) in [6.07, 6.45) is 6.24. The lowest BCUT2D eigenvalue weighted by Gasteiger charge is -2.39. The van der Waals surface area contributed by atoms with Crippen molar-refractivity contribution in [1.29, 1.82) is 0 Å². The maximum atomic E-state index is 14.6. The Morgan fingerprint density at radius 3 is 2.41 bits per heavy atom. The molecular weight excluding hydrogens is 919 g/mol. The Hall–Kier alpha value is -5.57. The van der Waals surface area contributed by atoms with E-state index in [4.69, 9.17) is 35.5 Å². The zero-order valence-corrected chi connectivity index (χ0v) is 39.4. The van der Waals surface area contributed by atoms with Gasteiger partial charge >= 0.3 is 0 Å². The Labute approximate surface area is 403 Å². The second kappa shape index (κ2) is 25.2. The number of hydrogen-bond donors (Lipinski definition) is 5. The second-order valence-electron chi connectivity index (χ2n) is 16.9. The van der Waals surface area contributed by atoms with E-state index < -0.39 is 23.2 Å². The molecule has 1 saturated heterocycles. The highest BCUT2D eigenvalue weighted by Crippen LogP contribution is 2.41. The van der Waals surface area contributed by atoms with Gasteiger partial charge in [0.25, 0.3) is 5.91 Å². The topological polar surface area (TPSA) is 211 Å². The van der Waals surface area contributed by atoms with Crippen LogP contribution in [-0.4, -0.2) is 116 Å². The molecule has 1 aliphatic carbocycles. The molecule has 4 aromatic rings. The van der Waals surface area contributed by atoms with E-state index in [1.165, 1.54) is 22.3 Å². The number of anilines is 3. The van der Waals surface area contributed by atoms with Crippen LogP contribution in [0.1, 0.15) is 79.4 Å². The van der Waals surface area contributed by atoms with E-state index in [9.17, 15) is 28.4 Å². The lowest BCUT2D eigenvalue weighted by atomic mass is 9.69. The van der Waals surface area contributed by atoms with Crippen molar-refractivity contribution in [2.75, 3.05) is 69.9 Å². The van der Waals surface area contributed by atoms with Gasteiger partial charge in [-0.1, -0.05) is 29.8 Å². The number of pyridine rings is 1. The minimum absolute atomic E-state index is 0.000116. The Bertz CT molecular complexity index is 2350. The van der Waals surface area contributed by atoms with Gasteiger partial charge in [0.1, 0.15) is 11.9 Å². The smallest absolute Gasteiger partial charge is 0.255 e. The molecule has 2 aromatic carbocycles. The molecule has 2 aliphatic heterocycles. The lowest BCUT2D eigenvalue weighted by molar-refractivity contribution is -0.137. The molecule has 7 rings (SSSR count). The molecule has 2 fully saturated rings. The first-order chi connectivity index (χ1) is 33.1. The summed E-state index contributed by atoms with van der Waals surface area (Å²) in [6, 6.07) is 14.8. The highest BCUT2D eigenvalue weighted by molar-refractivity contribution is 7.13. The van der Waals surface area contributed by atoms with Gasteiger partial charge in [-0.25, -0.2) is 14.4 Å². The van der Waals surface area contributed by atoms with Crippen molar-refractivity contribution in [2.45, 2.75) is 82.9 Å². The zero-order chi connectivity index (χ0) is 47.7. The Morgan fingerprint density at radius 1 is 0.897 bits per heavy atom. The number of imide groups is 1. The van der Waals surface area contributed by atoms with Crippen LogP contribution in [0.3, 0.4) is 0 Å². The van der Waals surface area contributed by atoms with E-state index in [0.29, 0.717) is 120 Å². The van der Waals surface area contributed by atoms with Crippen molar-refractivity contribution in [1.82, 2.24) is 30.8 Å². The molecule has 1 saturated carbocycles. The quantitative estimate of drug-likeness (QED) is 0.0364. The maximum absolute atomic E-state index is 14.6.